The third-order valence-electron chi connectivity index (χ3n) is 2.73. The molecule has 1 aliphatic heterocycles. The summed E-state index contributed by atoms with van der Waals surface area (Å²) in [6.07, 6.45) is 2.47. The molecule has 0 aliphatic carbocycles. The van der Waals surface area contributed by atoms with Crippen LogP contribution in [0.3, 0.4) is 0 Å². The van der Waals surface area contributed by atoms with E-state index in [1.165, 1.54) is 12.8 Å². The highest BCUT2D eigenvalue weighted by Crippen LogP contribution is 2.20. The van der Waals surface area contributed by atoms with Crippen molar-refractivity contribution in [2.45, 2.75) is 25.8 Å². The third kappa shape index (κ3) is 3.14. The molecule has 1 heterocycles. The Morgan fingerprint density at radius 2 is 2.12 bits per heavy atom. The lowest BCUT2D eigenvalue weighted by atomic mass is 10.2. The van der Waals surface area contributed by atoms with Gasteiger partial charge in [-0.25, -0.2) is 0 Å². The fourth-order valence-electron chi connectivity index (χ4n) is 1.92. The molecule has 0 spiro atoms. The Kier molecular flexibility index (Phi) is 4.05. The van der Waals surface area contributed by atoms with E-state index in [0.717, 1.165) is 24.7 Å². The second kappa shape index (κ2) is 5.75. The van der Waals surface area contributed by atoms with Crippen molar-refractivity contribution in [2.75, 3.05) is 19.8 Å². The van der Waals surface area contributed by atoms with Gasteiger partial charge in [0.25, 0.3) is 0 Å². The zero-order valence-corrected chi connectivity index (χ0v) is 9.74. The summed E-state index contributed by atoms with van der Waals surface area (Å²) < 4.78 is 11.2. The Labute approximate surface area is 96.8 Å². The van der Waals surface area contributed by atoms with Crippen LogP contribution in [0.5, 0.6) is 11.5 Å². The van der Waals surface area contributed by atoms with Crippen LogP contribution >= 0.6 is 0 Å². The quantitative estimate of drug-likeness (QED) is 0.827. The monoisotopic (exact) mass is 221 g/mol. The summed E-state index contributed by atoms with van der Waals surface area (Å²) in [6.45, 7) is 4.53. The SMILES string of the molecule is CCOc1cccc(OC[C@H]2CCCN2)c1. The summed E-state index contributed by atoms with van der Waals surface area (Å²) in [5.41, 5.74) is 0. The molecule has 1 aliphatic rings. The van der Waals surface area contributed by atoms with Crippen molar-refractivity contribution >= 4 is 0 Å². The van der Waals surface area contributed by atoms with E-state index in [-0.39, 0.29) is 0 Å². The first-order valence-electron chi connectivity index (χ1n) is 5.97. The van der Waals surface area contributed by atoms with Crippen LogP contribution in [0, 0.1) is 0 Å². The van der Waals surface area contributed by atoms with Gasteiger partial charge < -0.3 is 14.8 Å². The molecule has 1 aromatic carbocycles. The van der Waals surface area contributed by atoms with Crippen LogP contribution in [-0.2, 0) is 0 Å². The summed E-state index contributed by atoms with van der Waals surface area (Å²) in [5.74, 6) is 1.76. The maximum atomic E-state index is 5.73. The topological polar surface area (TPSA) is 30.5 Å². The van der Waals surface area contributed by atoms with Gasteiger partial charge in [0, 0.05) is 12.1 Å². The van der Waals surface area contributed by atoms with Gasteiger partial charge in [-0.3, -0.25) is 0 Å². The molecule has 1 atom stereocenters. The minimum atomic E-state index is 0.510. The van der Waals surface area contributed by atoms with E-state index in [4.69, 9.17) is 9.47 Å². The number of hydrogen-bond acceptors (Lipinski definition) is 3. The molecule has 88 valence electrons. The molecular formula is C13H19NO2. The molecule has 0 bridgehead atoms. The molecule has 1 fully saturated rings. The Balaban J connectivity index is 1.85. The van der Waals surface area contributed by atoms with Crippen LogP contribution in [-0.4, -0.2) is 25.8 Å². The van der Waals surface area contributed by atoms with Crippen LogP contribution in [0.2, 0.25) is 0 Å². The Morgan fingerprint density at radius 1 is 1.31 bits per heavy atom. The summed E-state index contributed by atoms with van der Waals surface area (Å²) in [5, 5.41) is 3.41. The highest BCUT2D eigenvalue weighted by atomic mass is 16.5. The predicted octanol–water partition coefficient (Wildman–Crippen LogP) is 2.22. The van der Waals surface area contributed by atoms with E-state index in [0.29, 0.717) is 12.6 Å². The minimum Gasteiger partial charge on any atom is -0.494 e. The summed E-state index contributed by atoms with van der Waals surface area (Å²) >= 11 is 0. The number of rotatable bonds is 5. The van der Waals surface area contributed by atoms with Crippen LogP contribution in [0.4, 0.5) is 0 Å². The van der Waals surface area contributed by atoms with Crippen LogP contribution in [0.15, 0.2) is 24.3 Å². The van der Waals surface area contributed by atoms with E-state index >= 15 is 0 Å². The van der Waals surface area contributed by atoms with Crippen LogP contribution in [0.25, 0.3) is 0 Å². The Bertz CT molecular complexity index is 321. The molecule has 0 aromatic heterocycles. The second-order valence-electron chi connectivity index (χ2n) is 4.01. The summed E-state index contributed by atoms with van der Waals surface area (Å²) in [7, 11) is 0. The highest BCUT2D eigenvalue weighted by molar-refractivity contribution is 5.32. The Hall–Kier alpha value is -1.22. The normalized spacial score (nSPS) is 19.7. The molecule has 0 saturated carbocycles. The molecule has 1 N–H and O–H groups in total. The van der Waals surface area contributed by atoms with E-state index in [2.05, 4.69) is 5.32 Å². The largest absolute Gasteiger partial charge is 0.494 e. The van der Waals surface area contributed by atoms with Crippen molar-refractivity contribution in [1.82, 2.24) is 5.32 Å². The standard InChI is InChI=1S/C13H19NO2/c1-2-15-12-6-3-7-13(9-12)16-10-11-5-4-8-14-11/h3,6-7,9,11,14H,2,4-5,8,10H2,1H3/t11-/m1/s1. The van der Waals surface area contributed by atoms with Crippen molar-refractivity contribution in [3.05, 3.63) is 24.3 Å². The average molecular weight is 221 g/mol. The molecule has 0 unspecified atom stereocenters. The van der Waals surface area contributed by atoms with E-state index in [1.54, 1.807) is 0 Å². The lowest BCUT2D eigenvalue weighted by Crippen LogP contribution is -2.28. The third-order valence-corrected chi connectivity index (χ3v) is 2.73. The summed E-state index contributed by atoms with van der Waals surface area (Å²) in [6, 6.07) is 8.33. The van der Waals surface area contributed by atoms with Gasteiger partial charge in [0.2, 0.25) is 0 Å². The Morgan fingerprint density at radius 3 is 2.81 bits per heavy atom. The van der Waals surface area contributed by atoms with Crippen LogP contribution < -0.4 is 14.8 Å². The molecule has 1 saturated heterocycles. The van der Waals surface area contributed by atoms with Crippen molar-refractivity contribution in [3.8, 4) is 11.5 Å². The molecule has 0 amide bonds. The predicted molar refractivity (Wildman–Crippen MR) is 64.1 cm³/mol. The fraction of sp³-hybridized carbons (Fsp3) is 0.538. The zero-order valence-electron chi connectivity index (χ0n) is 9.74. The number of hydrogen-bond donors (Lipinski definition) is 1. The van der Waals surface area contributed by atoms with Crippen LogP contribution in [0.1, 0.15) is 19.8 Å². The average Bonchev–Trinajstić information content (AvgIpc) is 2.80. The van der Waals surface area contributed by atoms with E-state index in [1.807, 2.05) is 31.2 Å². The molecular weight excluding hydrogens is 202 g/mol. The lowest BCUT2D eigenvalue weighted by molar-refractivity contribution is 0.274. The number of ether oxygens (including phenoxy) is 2. The fourth-order valence-corrected chi connectivity index (χ4v) is 1.92. The molecule has 16 heavy (non-hydrogen) atoms. The van der Waals surface area contributed by atoms with Gasteiger partial charge in [-0.15, -0.1) is 0 Å². The maximum Gasteiger partial charge on any atom is 0.123 e. The first kappa shape index (κ1) is 11.3. The maximum absolute atomic E-state index is 5.73. The van der Waals surface area contributed by atoms with E-state index in [9.17, 15) is 0 Å². The first-order chi connectivity index (χ1) is 7.88. The van der Waals surface area contributed by atoms with Gasteiger partial charge in [-0.05, 0) is 38.4 Å². The number of benzene rings is 1. The van der Waals surface area contributed by atoms with E-state index < -0.39 is 0 Å². The minimum absolute atomic E-state index is 0.510. The second-order valence-corrected chi connectivity index (χ2v) is 4.01. The van der Waals surface area contributed by atoms with Crippen molar-refractivity contribution in [2.24, 2.45) is 0 Å². The van der Waals surface area contributed by atoms with Gasteiger partial charge >= 0.3 is 0 Å². The van der Waals surface area contributed by atoms with Crippen molar-refractivity contribution in [3.63, 3.8) is 0 Å². The summed E-state index contributed by atoms with van der Waals surface area (Å²) in [4.78, 5) is 0. The van der Waals surface area contributed by atoms with Crippen molar-refractivity contribution < 1.29 is 9.47 Å². The van der Waals surface area contributed by atoms with Gasteiger partial charge in [0.05, 0.1) is 6.61 Å². The van der Waals surface area contributed by atoms with Gasteiger partial charge in [-0.1, -0.05) is 6.07 Å². The smallest absolute Gasteiger partial charge is 0.123 e. The highest BCUT2D eigenvalue weighted by Gasteiger charge is 2.14. The zero-order chi connectivity index (χ0) is 11.2. The first-order valence-corrected chi connectivity index (χ1v) is 5.97. The molecule has 1 aromatic rings. The van der Waals surface area contributed by atoms with Crippen molar-refractivity contribution in [1.29, 1.82) is 0 Å². The molecule has 3 heteroatoms. The molecule has 0 radical (unpaired) electrons. The molecule has 3 nitrogen and oxygen atoms in total. The van der Waals surface area contributed by atoms with Gasteiger partial charge in [0.1, 0.15) is 18.1 Å². The number of nitrogens with one attached hydrogen (secondary N) is 1. The molecule has 2 rings (SSSR count). The van der Waals surface area contributed by atoms with Gasteiger partial charge in [-0.2, -0.15) is 0 Å². The lowest BCUT2D eigenvalue weighted by Gasteiger charge is -2.12. The van der Waals surface area contributed by atoms with Gasteiger partial charge in [0.15, 0.2) is 0 Å².